The lowest BCUT2D eigenvalue weighted by atomic mass is 9.80. The van der Waals surface area contributed by atoms with Crippen molar-refractivity contribution in [2.45, 2.75) is 26.7 Å². The Hall–Kier alpha value is -2.08. The van der Waals surface area contributed by atoms with Crippen molar-refractivity contribution in [2.24, 2.45) is 5.41 Å². The minimum absolute atomic E-state index is 0.592. The minimum atomic E-state index is -0.729. The molecule has 3 rings (SSSR count). The number of hydrogen-bond donors (Lipinski definition) is 1. The van der Waals surface area contributed by atoms with E-state index < -0.39 is 11.4 Å². The Labute approximate surface area is 139 Å². The zero-order chi connectivity index (χ0) is 16.6. The van der Waals surface area contributed by atoms with E-state index in [1.54, 1.807) is 0 Å². The zero-order valence-electron chi connectivity index (χ0n) is 13.2. The number of aliphatic carboxylic acids is 1. The van der Waals surface area contributed by atoms with Gasteiger partial charge in [0.2, 0.25) is 5.95 Å². The molecule has 2 aromatic rings. The van der Waals surface area contributed by atoms with E-state index in [1.807, 2.05) is 42.7 Å². The van der Waals surface area contributed by atoms with E-state index in [0.29, 0.717) is 31.0 Å². The molecule has 1 saturated heterocycles. The smallest absolute Gasteiger partial charge is 0.309 e. The van der Waals surface area contributed by atoms with E-state index in [1.165, 1.54) is 0 Å². The molecule has 0 unspecified atom stereocenters. The van der Waals surface area contributed by atoms with Crippen molar-refractivity contribution in [3.05, 3.63) is 35.1 Å². The maximum absolute atomic E-state index is 11.4. The third-order valence-corrected chi connectivity index (χ3v) is 4.81. The quantitative estimate of drug-likeness (QED) is 0.934. The molecule has 0 saturated carbocycles. The summed E-state index contributed by atoms with van der Waals surface area (Å²) in [6.07, 6.45) is 1.18. The van der Waals surface area contributed by atoms with Gasteiger partial charge in [-0.15, -0.1) is 10.2 Å². The Bertz CT molecular complexity index is 718. The average Bonchev–Trinajstić information content (AvgIpc) is 2.90. The second-order valence-corrected chi connectivity index (χ2v) is 6.65. The van der Waals surface area contributed by atoms with Crippen LogP contribution in [0.1, 0.15) is 25.6 Å². The van der Waals surface area contributed by atoms with Gasteiger partial charge in [0, 0.05) is 18.1 Å². The number of benzene rings is 1. The fraction of sp³-hybridized carbons (Fsp3) is 0.438. The number of nitrogens with zero attached hydrogens (tertiary/aromatic N) is 4. The van der Waals surface area contributed by atoms with Crippen molar-refractivity contribution in [2.75, 3.05) is 18.0 Å². The van der Waals surface area contributed by atoms with Crippen LogP contribution in [-0.2, 0) is 4.79 Å². The van der Waals surface area contributed by atoms with E-state index >= 15 is 0 Å². The average molecular weight is 335 g/mol. The van der Waals surface area contributed by atoms with E-state index in [4.69, 9.17) is 11.6 Å². The Morgan fingerprint density at radius 2 is 1.83 bits per heavy atom. The second kappa shape index (κ2) is 5.85. The first-order valence-electron chi connectivity index (χ1n) is 7.57. The predicted molar refractivity (Wildman–Crippen MR) is 88.3 cm³/mol. The SMILES string of the molecule is Cc1nnc(N2CCC(C)(C(=O)O)CC2)n1-c1ccc(Cl)cc1. The minimum Gasteiger partial charge on any atom is -0.481 e. The van der Waals surface area contributed by atoms with Crippen LogP contribution in [0.4, 0.5) is 5.95 Å². The summed E-state index contributed by atoms with van der Waals surface area (Å²) in [4.78, 5) is 13.5. The number of piperidine rings is 1. The van der Waals surface area contributed by atoms with Crippen LogP contribution in [0.25, 0.3) is 5.69 Å². The molecule has 0 bridgehead atoms. The number of carbonyl (C=O) groups is 1. The van der Waals surface area contributed by atoms with E-state index in [-0.39, 0.29) is 0 Å². The molecule has 1 aliphatic heterocycles. The number of aryl methyl sites for hydroxylation is 1. The molecule has 6 nitrogen and oxygen atoms in total. The van der Waals surface area contributed by atoms with Crippen molar-refractivity contribution >= 4 is 23.5 Å². The summed E-state index contributed by atoms with van der Waals surface area (Å²) in [6, 6.07) is 7.51. The fourth-order valence-corrected chi connectivity index (χ4v) is 2.99. The fourth-order valence-electron chi connectivity index (χ4n) is 2.86. The molecule has 0 radical (unpaired) electrons. The van der Waals surface area contributed by atoms with Gasteiger partial charge in [-0.3, -0.25) is 9.36 Å². The molecule has 1 aromatic carbocycles. The Balaban J connectivity index is 1.88. The van der Waals surface area contributed by atoms with Crippen molar-refractivity contribution in [1.29, 1.82) is 0 Å². The number of carboxylic acid groups (broad SMARTS) is 1. The Morgan fingerprint density at radius 3 is 2.39 bits per heavy atom. The topological polar surface area (TPSA) is 71.2 Å². The molecule has 0 spiro atoms. The van der Waals surface area contributed by atoms with Crippen molar-refractivity contribution < 1.29 is 9.90 Å². The van der Waals surface area contributed by atoms with Gasteiger partial charge >= 0.3 is 5.97 Å². The van der Waals surface area contributed by atoms with Crippen LogP contribution in [0.3, 0.4) is 0 Å². The molecule has 1 aliphatic rings. The van der Waals surface area contributed by atoms with E-state index in [2.05, 4.69) is 15.1 Å². The first kappa shape index (κ1) is 15.8. The summed E-state index contributed by atoms with van der Waals surface area (Å²) in [6.45, 7) is 5.00. The summed E-state index contributed by atoms with van der Waals surface area (Å²) < 4.78 is 1.97. The normalized spacial score (nSPS) is 17.3. The molecule has 1 fully saturated rings. The van der Waals surface area contributed by atoms with Crippen LogP contribution >= 0.6 is 11.6 Å². The molecule has 23 heavy (non-hydrogen) atoms. The standard InChI is InChI=1S/C16H19ClN4O2/c1-11-18-19-15(21(11)13-5-3-12(17)4-6-13)20-9-7-16(2,8-10-20)14(22)23/h3-6H,7-10H2,1-2H3,(H,22,23). The van der Waals surface area contributed by atoms with Crippen LogP contribution < -0.4 is 4.90 Å². The van der Waals surface area contributed by atoms with Gasteiger partial charge in [0.05, 0.1) is 11.1 Å². The van der Waals surface area contributed by atoms with Gasteiger partial charge in [0.25, 0.3) is 0 Å². The molecule has 1 N–H and O–H groups in total. The Morgan fingerprint density at radius 1 is 1.22 bits per heavy atom. The summed E-state index contributed by atoms with van der Waals surface area (Å²) >= 11 is 5.96. The second-order valence-electron chi connectivity index (χ2n) is 6.21. The summed E-state index contributed by atoms with van der Waals surface area (Å²) in [7, 11) is 0. The maximum atomic E-state index is 11.4. The number of rotatable bonds is 3. The highest BCUT2D eigenvalue weighted by Gasteiger charge is 2.38. The van der Waals surface area contributed by atoms with Crippen molar-refractivity contribution in [3.8, 4) is 5.69 Å². The monoisotopic (exact) mass is 334 g/mol. The first-order valence-corrected chi connectivity index (χ1v) is 7.95. The molecule has 122 valence electrons. The van der Waals surface area contributed by atoms with Crippen molar-refractivity contribution in [3.63, 3.8) is 0 Å². The molecule has 7 heteroatoms. The highest BCUT2D eigenvalue weighted by Crippen LogP contribution is 2.33. The third-order valence-electron chi connectivity index (χ3n) is 4.56. The van der Waals surface area contributed by atoms with Gasteiger partial charge in [0.15, 0.2) is 0 Å². The largest absolute Gasteiger partial charge is 0.481 e. The molecular weight excluding hydrogens is 316 g/mol. The van der Waals surface area contributed by atoms with Gasteiger partial charge in [-0.2, -0.15) is 0 Å². The van der Waals surface area contributed by atoms with Crippen LogP contribution in [0.2, 0.25) is 5.02 Å². The first-order chi connectivity index (χ1) is 10.9. The van der Waals surface area contributed by atoms with Crippen LogP contribution in [0.5, 0.6) is 0 Å². The number of hydrogen-bond acceptors (Lipinski definition) is 4. The lowest BCUT2D eigenvalue weighted by Crippen LogP contribution is -2.43. The number of carboxylic acids is 1. The molecule has 0 amide bonds. The van der Waals surface area contributed by atoms with Gasteiger partial charge in [-0.25, -0.2) is 0 Å². The zero-order valence-corrected chi connectivity index (χ0v) is 13.9. The van der Waals surface area contributed by atoms with Crippen LogP contribution in [0.15, 0.2) is 24.3 Å². The van der Waals surface area contributed by atoms with Crippen LogP contribution in [-0.4, -0.2) is 38.9 Å². The predicted octanol–water partition coefficient (Wildman–Crippen LogP) is 2.92. The number of anilines is 1. The molecule has 1 aromatic heterocycles. The lowest BCUT2D eigenvalue weighted by molar-refractivity contribution is -0.149. The summed E-state index contributed by atoms with van der Waals surface area (Å²) in [5, 5.41) is 18.5. The van der Waals surface area contributed by atoms with Gasteiger partial charge in [-0.05, 0) is 51.0 Å². The highest BCUT2D eigenvalue weighted by atomic mass is 35.5. The molecule has 0 aliphatic carbocycles. The van der Waals surface area contributed by atoms with Crippen molar-refractivity contribution in [1.82, 2.24) is 14.8 Å². The van der Waals surface area contributed by atoms with Gasteiger partial charge < -0.3 is 10.0 Å². The molecule has 0 atom stereocenters. The number of aromatic nitrogens is 3. The van der Waals surface area contributed by atoms with Crippen LogP contribution in [0, 0.1) is 12.3 Å². The molecular formula is C16H19ClN4O2. The summed E-state index contributed by atoms with van der Waals surface area (Å²) in [5.74, 6) is 0.804. The highest BCUT2D eigenvalue weighted by molar-refractivity contribution is 6.30. The number of halogens is 1. The maximum Gasteiger partial charge on any atom is 0.309 e. The van der Waals surface area contributed by atoms with Gasteiger partial charge in [-0.1, -0.05) is 11.6 Å². The Kier molecular flexibility index (Phi) is 4.02. The van der Waals surface area contributed by atoms with E-state index in [9.17, 15) is 9.90 Å². The third kappa shape index (κ3) is 2.91. The summed E-state index contributed by atoms with van der Waals surface area (Å²) in [5.41, 5.74) is 0.287. The molecule has 2 heterocycles. The van der Waals surface area contributed by atoms with Gasteiger partial charge in [0.1, 0.15) is 5.82 Å². The lowest BCUT2D eigenvalue weighted by Gasteiger charge is -2.36. The van der Waals surface area contributed by atoms with E-state index in [0.717, 1.165) is 17.5 Å².